The lowest BCUT2D eigenvalue weighted by Gasteiger charge is -2.26. The molecule has 1 saturated heterocycles. The summed E-state index contributed by atoms with van der Waals surface area (Å²) < 4.78 is 19.3. The van der Waals surface area contributed by atoms with Crippen molar-refractivity contribution in [2.45, 2.75) is 0 Å². The topological polar surface area (TPSA) is 41.6 Å². The molecule has 1 amide bonds. The molecule has 0 aliphatic carbocycles. The van der Waals surface area contributed by atoms with Crippen molar-refractivity contribution in [2.24, 2.45) is 0 Å². The number of ether oxygens (including phenoxy) is 1. The summed E-state index contributed by atoms with van der Waals surface area (Å²) in [6.45, 7) is 4.46. The van der Waals surface area contributed by atoms with Crippen molar-refractivity contribution in [3.63, 3.8) is 0 Å². The number of carbonyl (C=O) groups excluding carboxylic acids is 1. The summed E-state index contributed by atoms with van der Waals surface area (Å²) in [6, 6.07) is 4.49. The maximum atomic E-state index is 13.6. The third-order valence-electron chi connectivity index (χ3n) is 3.01. The highest BCUT2D eigenvalue weighted by atomic mass is 79.9. The molecule has 0 radical (unpaired) electrons. The van der Waals surface area contributed by atoms with Gasteiger partial charge in [-0.3, -0.25) is 9.69 Å². The molecule has 4 nitrogen and oxygen atoms in total. The first-order chi connectivity index (χ1) is 9.18. The van der Waals surface area contributed by atoms with E-state index in [1.54, 1.807) is 12.1 Å². The van der Waals surface area contributed by atoms with Crippen LogP contribution >= 0.6 is 15.9 Å². The van der Waals surface area contributed by atoms with E-state index in [1.807, 2.05) is 0 Å². The van der Waals surface area contributed by atoms with E-state index >= 15 is 0 Å². The second-order valence-electron chi connectivity index (χ2n) is 4.31. The van der Waals surface area contributed by atoms with Crippen molar-refractivity contribution in [2.75, 3.05) is 39.4 Å². The minimum Gasteiger partial charge on any atom is -0.379 e. The van der Waals surface area contributed by atoms with Gasteiger partial charge >= 0.3 is 0 Å². The van der Waals surface area contributed by atoms with Crippen LogP contribution in [-0.4, -0.2) is 50.2 Å². The Hall–Kier alpha value is -0.980. The van der Waals surface area contributed by atoms with Crippen LogP contribution in [0, 0.1) is 5.82 Å². The van der Waals surface area contributed by atoms with Crippen molar-refractivity contribution in [1.82, 2.24) is 10.2 Å². The Morgan fingerprint density at radius 1 is 1.42 bits per heavy atom. The first-order valence-corrected chi connectivity index (χ1v) is 7.00. The van der Waals surface area contributed by atoms with Gasteiger partial charge in [-0.1, -0.05) is 6.07 Å². The molecule has 1 aliphatic heterocycles. The average Bonchev–Trinajstić information content (AvgIpc) is 2.40. The fraction of sp³-hybridized carbons (Fsp3) is 0.462. The highest BCUT2D eigenvalue weighted by Gasteiger charge is 2.15. The number of hydrogen-bond acceptors (Lipinski definition) is 3. The minimum atomic E-state index is -0.516. The number of rotatable bonds is 4. The van der Waals surface area contributed by atoms with Crippen LogP contribution in [0.4, 0.5) is 4.39 Å². The average molecular weight is 331 g/mol. The SMILES string of the molecule is O=C(NCCN1CCOCC1)c1c(F)cccc1Br. The highest BCUT2D eigenvalue weighted by molar-refractivity contribution is 9.10. The van der Waals surface area contributed by atoms with E-state index in [0.717, 1.165) is 32.8 Å². The summed E-state index contributed by atoms with van der Waals surface area (Å²) in [4.78, 5) is 14.1. The Morgan fingerprint density at radius 3 is 2.84 bits per heavy atom. The molecule has 1 aromatic carbocycles. The van der Waals surface area contributed by atoms with Crippen LogP contribution in [0.1, 0.15) is 10.4 Å². The summed E-state index contributed by atoms with van der Waals surface area (Å²) in [7, 11) is 0. The van der Waals surface area contributed by atoms with E-state index in [1.165, 1.54) is 6.07 Å². The number of carbonyl (C=O) groups is 1. The van der Waals surface area contributed by atoms with Crippen molar-refractivity contribution < 1.29 is 13.9 Å². The summed E-state index contributed by atoms with van der Waals surface area (Å²) in [6.07, 6.45) is 0. The van der Waals surface area contributed by atoms with Gasteiger partial charge in [0, 0.05) is 30.7 Å². The van der Waals surface area contributed by atoms with Crippen LogP contribution in [0.2, 0.25) is 0 Å². The van der Waals surface area contributed by atoms with E-state index in [-0.39, 0.29) is 5.56 Å². The first kappa shape index (κ1) is 14.4. The van der Waals surface area contributed by atoms with Crippen LogP contribution in [0.5, 0.6) is 0 Å². The fourth-order valence-corrected chi connectivity index (χ4v) is 2.48. The molecule has 0 bridgehead atoms. The Kier molecular flexibility index (Phi) is 5.30. The Labute approximate surface area is 120 Å². The highest BCUT2D eigenvalue weighted by Crippen LogP contribution is 2.19. The van der Waals surface area contributed by atoms with Gasteiger partial charge in [-0.15, -0.1) is 0 Å². The van der Waals surface area contributed by atoms with Gasteiger partial charge < -0.3 is 10.1 Å². The Balaban J connectivity index is 1.84. The molecule has 6 heteroatoms. The number of nitrogens with one attached hydrogen (secondary N) is 1. The largest absolute Gasteiger partial charge is 0.379 e. The second kappa shape index (κ2) is 6.98. The Bertz CT molecular complexity index is 430. The van der Waals surface area contributed by atoms with Crippen molar-refractivity contribution in [3.8, 4) is 0 Å². The summed E-state index contributed by atoms with van der Waals surface area (Å²) in [5, 5.41) is 2.74. The van der Waals surface area contributed by atoms with E-state index in [4.69, 9.17) is 4.74 Å². The third kappa shape index (κ3) is 3.99. The molecule has 0 unspecified atom stereocenters. The lowest BCUT2D eigenvalue weighted by Crippen LogP contribution is -2.41. The molecule has 1 fully saturated rings. The van der Waals surface area contributed by atoms with E-state index in [2.05, 4.69) is 26.1 Å². The predicted molar refractivity (Wildman–Crippen MR) is 73.7 cm³/mol. The van der Waals surface area contributed by atoms with Crippen molar-refractivity contribution in [3.05, 3.63) is 34.1 Å². The fourth-order valence-electron chi connectivity index (χ4n) is 1.96. The van der Waals surface area contributed by atoms with Crippen LogP contribution < -0.4 is 5.32 Å². The number of halogens is 2. The molecule has 19 heavy (non-hydrogen) atoms. The number of morpholine rings is 1. The van der Waals surface area contributed by atoms with Crippen LogP contribution in [0.3, 0.4) is 0 Å². The summed E-state index contributed by atoms with van der Waals surface area (Å²) in [5.41, 5.74) is 0.0597. The van der Waals surface area contributed by atoms with Gasteiger partial charge in [0.15, 0.2) is 0 Å². The molecule has 1 N–H and O–H groups in total. The molecular weight excluding hydrogens is 315 g/mol. The van der Waals surface area contributed by atoms with Gasteiger partial charge in [0.05, 0.1) is 18.8 Å². The molecule has 1 aliphatic rings. The molecule has 0 spiro atoms. The van der Waals surface area contributed by atoms with Gasteiger partial charge in [0.2, 0.25) is 0 Å². The van der Waals surface area contributed by atoms with Gasteiger partial charge in [-0.05, 0) is 28.1 Å². The molecule has 0 atom stereocenters. The number of nitrogens with zero attached hydrogens (tertiary/aromatic N) is 1. The van der Waals surface area contributed by atoms with Gasteiger partial charge in [-0.25, -0.2) is 4.39 Å². The molecule has 1 aromatic rings. The normalized spacial score (nSPS) is 16.3. The zero-order valence-corrected chi connectivity index (χ0v) is 12.1. The number of benzene rings is 1. The minimum absolute atomic E-state index is 0.0597. The van der Waals surface area contributed by atoms with Crippen LogP contribution in [0.25, 0.3) is 0 Å². The molecule has 2 rings (SSSR count). The van der Waals surface area contributed by atoms with E-state index in [0.29, 0.717) is 11.0 Å². The molecule has 0 aromatic heterocycles. The number of hydrogen-bond donors (Lipinski definition) is 1. The third-order valence-corrected chi connectivity index (χ3v) is 3.67. The monoisotopic (exact) mass is 330 g/mol. The van der Waals surface area contributed by atoms with Gasteiger partial charge in [-0.2, -0.15) is 0 Å². The molecule has 0 saturated carbocycles. The van der Waals surface area contributed by atoms with Gasteiger partial charge in [0.25, 0.3) is 5.91 Å². The van der Waals surface area contributed by atoms with E-state index in [9.17, 15) is 9.18 Å². The lowest BCUT2D eigenvalue weighted by molar-refractivity contribution is 0.0383. The van der Waals surface area contributed by atoms with Crippen molar-refractivity contribution >= 4 is 21.8 Å². The van der Waals surface area contributed by atoms with Gasteiger partial charge in [0.1, 0.15) is 5.82 Å². The van der Waals surface area contributed by atoms with Crippen LogP contribution in [-0.2, 0) is 4.74 Å². The first-order valence-electron chi connectivity index (χ1n) is 6.21. The molecule has 104 valence electrons. The molecular formula is C13H16BrFN2O2. The van der Waals surface area contributed by atoms with Crippen LogP contribution in [0.15, 0.2) is 22.7 Å². The second-order valence-corrected chi connectivity index (χ2v) is 5.16. The standard InChI is InChI=1S/C13H16BrFN2O2/c14-10-2-1-3-11(15)12(10)13(18)16-4-5-17-6-8-19-9-7-17/h1-3H,4-9H2,(H,16,18). The Morgan fingerprint density at radius 2 is 2.16 bits per heavy atom. The smallest absolute Gasteiger partial charge is 0.255 e. The maximum Gasteiger partial charge on any atom is 0.255 e. The quantitative estimate of drug-likeness (QED) is 0.912. The predicted octanol–water partition coefficient (Wildman–Crippen LogP) is 1.65. The van der Waals surface area contributed by atoms with E-state index < -0.39 is 11.7 Å². The van der Waals surface area contributed by atoms with Crippen molar-refractivity contribution in [1.29, 1.82) is 0 Å². The summed E-state index contributed by atoms with van der Waals surface area (Å²) >= 11 is 3.19. The number of amides is 1. The molecule has 1 heterocycles. The zero-order valence-electron chi connectivity index (χ0n) is 10.5. The lowest BCUT2D eigenvalue weighted by atomic mass is 10.2. The zero-order chi connectivity index (χ0) is 13.7. The maximum absolute atomic E-state index is 13.6. The summed E-state index contributed by atoms with van der Waals surface area (Å²) in [5.74, 6) is -0.906.